The van der Waals surface area contributed by atoms with Gasteiger partial charge < -0.3 is 9.80 Å². The molecule has 0 spiro atoms. The number of nitro groups is 1. The van der Waals surface area contributed by atoms with Gasteiger partial charge in [-0.3, -0.25) is 19.7 Å². The third kappa shape index (κ3) is 3.81. The Bertz CT molecular complexity index is 885. The van der Waals surface area contributed by atoms with Gasteiger partial charge in [0.2, 0.25) is 0 Å². The molecule has 3 rings (SSSR count). The molecule has 0 N–H and O–H groups in total. The molecule has 0 unspecified atom stereocenters. The zero-order valence-electron chi connectivity index (χ0n) is 15.3. The minimum absolute atomic E-state index is 0.0318. The molecule has 0 bridgehead atoms. The Labute approximate surface area is 157 Å². The van der Waals surface area contributed by atoms with Gasteiger partial charge in [-0.1, -0.05) is 6.07 Å². The van der Waals surface area contributed by atoms with E-state index in [1.165, 1.54) is 13.0 Å². The fraction of sp³-hybridized carbons (Fsp3) is 0.300. The first-order valence-corrected chi connectivity index (χ1v) is 8.77. The first-order valence-electron chi connectivity index (χ1n) is 8.77. The molecule has 7 nitrogen and oxygen atoms in total. The Hall–Kier alpha value is -3.22. The average Bonchev–Trinajstić information content (AvgIpc) is 2.67. The number of hydrogen-bond donors (Lipinski definition) is 0. The van der Waals surface area contributed by atoms with Gasteiger partial charge in [-0.2, -0.15) is 0 Å². The van der Waals surface area contributed by atoms with Gasteiger partial charge in [-0.05, 0) is 44.2 Å². The zero-order chi connectivity index (χ0) is 19.6. The molecule has 140 valence electrons. The van der Waals surface area contributed by atoms with Gasteiger partial charge in [0.05, 0.1) is 4.92 Å². The van der Waals surface area contributed by atoms with E-state index in [-0.39, 0.29) is 17.4 Å². The van der Waals surface area contributed by atoms with Crippen LogP contribution in [0.3, 0.4) is 0 Å². The van der Waals surface area contributed by atoms with Crippen molar-refractivity contribution in [2.24, 2.45) is 0 Å². The molecule has 2 aromatic rings. The van der Waals surface area contributed by atoms with Gasteiger partial charge in [0.25, 0.3) is 11.6 Å². The van der Waals surface area contributed by atoms with E-state index < -0.39 is 4.92 Å². The maximum Gasteiger partial charge on any atom is 0.273 e. The van der Waals surface area contributed by atoms with Crippen LogP contribution in [-0.4, -0.2) is 47.7 Å². The third-order valence-electron chi connectivity index (χ3n) is 4.94. The lowest BCUT2D eigenvalue weighted by Crippen LogP contribution is -2.49. The topological polar surface area (TPSA) is 83.8 Å². The van der Waals surface area contributed by atoms with E-state index in [1.54, 1.807) is 24.0 Å². The third-order valence-corrected chi connectivity index (χ3v) is 4.94. The normalized spacial score (nSPS) is 14.1. The van der Waals surface area contributed by atoms with Crippen molar-refractivity contribution in [3.63, 3.8) is 0 Å². The van der Waals surface area contributed by atoms with Crippen LogP contribution in [0.1, 0.15) is 33.2 Å². The SMILES string of the molecule is CC(=O)c1ccc(N2CCN(C(=O)c3cccc([N+](=O)[O-])c3C)CC2)cc1. The molecule has 0 radical (unpaired) electrons. The van der Waals surface area contributed by atoms with Crippen LogP contribution in [-0.2, 0) is 0 Å². The molecule has 1 aliphatic rings. The quantitative estimate of drug-likeness (QED) is 0.471. The van der Waals surface area contributed by atoms with Crippen LogP contribution in [0.5, 0.6) is 0 Å². The largest absolute Gasteiger partial charge is 0.368 e. The van der Waals surface area contributed by atoms with E-state index in [0.717, 1.165) is 5.69 Å². The molecular formula is C20H21N3O4. The molecule has 1 saturated heterocycles. The van der Waals surface area contributed by atoms with Crippen LogP contribution in [0, 0.1) is 17.0 Å². The number of nitrogens with zero attached hydrogens (tertiary/aromatic N) is 3. The number of nitro benzene ring substituents is 1. The lowest BCUT2D eigenvalue weighted by Gasteiger charge is -2.36. The van der Waals surface area contributed by atoms with Crippen molar-refractivity contribution < 1.29 is 14.5 Å². The highest BCUT2D eigenvalue weighted by molar-refractivity contribution is 5.97. The van der Waals surface area contributed by atoms with Gasteiger partial charge in [0.1, 0.15) is 0 Å². The summed E-state index contributed by atoms with van der Waals surface area (Å²) in [5.41, 5.74) is 2.43. The number of benzene rings is 2. The number of piperazine rings is 1. The van der Waals surface area contributed by atoms with Crippen molar-refractivity contribution in [1.82, 2.24) is 4.90 Å². The summed E-state index contributed by atoms with van der Waals surface area (Å²) in [6.45, 7) is 5.55. The highest BCUT2D eigenvalue weighted by Crippen LogP contribution is 2.24. The lowest BCUT2D eigenvalue weighted by molar-refractivity contribution is -0.385. The van der Waals surface area contributed by atoms with Crippen molar-refractivity contribution in [3.05, 3.63) is 69.3 Å². The highest BCUT2D eigenvalue weighted by atomic mass is 16.6. The first-order chi connectivity index (χ1) is 12.9. The van der Waals surface area contributed by atoms with Crippen LogP contribution in [0.15, 0.2) is 42.5 Å². The summed E-state index contributed by atoms with van der Waals surface area (Å²) in [6, 6.07) is 12.0. The van der Waals surface area contributed by atoms with Crippen molar-refractivity contribution in [3.8, 4) is 0 Å². The molecule has 1 fully saturated rings. The van der Waals surface area contributed by atoms with Gasteiger partial charge in [0.15, 0.2) is 5.78 Å². The highest BCUT2D eigenvalue weighted by Gasteiger charge is 2.25. The standard InChI is InChI=1S/C20H21N3O4/c1-14-18(4-3-5-19(14)23(26)27)20(25)22-12-10-21(11-13-22)17-8-6-16(7-9-17)15(2)24/h3-9H,10-13H2,1-2H3. The molecule has 7 heteroatoms. The number of ketones is 1. The Morgan fingerprint density at radius 2 is 1.63 bits per heavy atom. The summed E-state index contributed by atoms with van der Waals surface area (Å²) in [5, 5.41) is 11.1. The number of carbonyl (C=O) groups is 2. The maximum atomic E-state index is 12.8. The predicted molar refractivity (Wildman–Crippen MR) is 102 cm³/mol. The average molecular weight is 367 g/mol. The summed E-state index contributed by atoms with van der Waals surface area (Å²) >= 11 is 0. The summed E-state index contributed by atoms with van der Waals surface area (Å²) in [7, 11) is 0. The Morgan fingerprint density at radius 1 is 1.00 bits per heavy atom. The van der Waals surface area contributed by atoms with Crippen molar-refractivity contribution in [1.29, 1.82) is 0 Å². The minimum atomic E-state index is -0.464. The summed E-state index contributed by atoms with van der Waals surface area (Å²) < 4.78 is 0. The number of anilines is 1. The molecule has 1 aliphatic heterocycles. The molecular weight excluding hydrogens is 346 g/mol. The molecule has 0 aromatic heterocycles. The number of carbonyl (C=O) groups excluding carboxylic acids is 2. The van der Waals surface area contributed by atoms with Crippen LogP contribution in [0.25, 0.3) is 0 Å². The van der Waals surface area contributed by atoms with E-state index in [0.29, 0.717) is 42.9 Å². The van der Waals surface area contributed by atoms with E-state index in [2.05, 4.69) is 4.90 Å². The smallest absolute Gasteiger partial charge is 0.273 e. The molecule has 2 aromatic carbocycles. The summed E-state index contributed by atoms with van der Waals surface area (Å²) in [6.07, 6.45) is 0. The van der Waals surface area contributed by atoms with Crippen molar-refractivity contribution >= 4 is 23.1 Å². The second kappa shape index (κ2) is 7.57. The van der Waals surface area contributed by atoms with Gasteiger partial charge in [0, 0.05) is 54.6 Å². The fourth-order valence-electron chi connectivity index (χ4n) is 3.30. The van der Waals surface area contributed by atoms with E-state index in [9.17, 15) is 19.7 Å². The number of rotatable bonds is 4. The van der Waals surface area contributed by atoms with Crippen LogP contribution in [0.4, 0.5) is 11.4 Å². The molecule has 0 saturated carbocycles. The second-order valence-corrected chi connectivity index (χ2v) is 6.59. The number of amides is 1. The fourth-order valence-corrected chi connectivity index (χ4v) is 3.30. The molecule has 0 atom stereocenters. The van der Waals surface area contributed by atoms with Crippen molar-refractivity contribution in [2.45, 2.75) is 13.8 Å². The number of Topliss-reactive ketones (excluding diaryl/α,β-unsaturated/α-hetero) is 1. The molecule has 0 aliphatic carbocycles. The monoisotopic (exact) mass is 367 g/mol. The molecule has 1 amide bonds. The van der Waals surface area contributed by atoms with Crippen LogP contribution < -0.4 is 4.90 Å². The minimum Gasteiger partial charge on any atom is -0.368 e. The van der Waals surface area contributed by atoms with E-state index >= 15 is 0 Å². The van der Waals surface area contributed by atoms with E-state index in [4.69, 9.17) is 0 Å². The Kier molecular flexibility index (Phi) is 5.21. The van der Waals surface area contributed by atoms with E-state index in [1.807, 2.05) is 24.3 Å². The van der Waals surface area contributed by atoms with Crippen LogP contribution in [0.2, 0.25) is 0 Å². The van der Waals surface area contributed by atoms with Gasteiger partial charge in [-0.15, -0.1) is 0 Å². The van der Waals surface area contributed by atoms with Gasteiger partial charge >= 0.3 is 0 Å². The first kappa shape index (κ1) is 18.6. The Morgan fingerprint density at radius 3 is 2.19 bits per heavy atom. The summed E-state index contributed by atoms with van der Waals surface area (Å²) in [5.74, 6) is -0.146. The van der Waals surface area contributed by atoms with Crippen LogP contribution >= 0.6 is 0 Å². The molecule has 27 heavy (non-hydrogen) atoms. The second-order valence-electron chi connectivity index (χ2n) is 6.59. The lowest BCUT2D eigenvalue weighted by atomic mass is 10.0. The number of hydrogen-bond acceptors (Lipinski definition) is 5. The maximum absolute atomic E-state index is 12.8. The predicted octanol–water partition coefficient (Wildman–Crippen LogP) is 3.07. The van der Waals surface area contributed by atoms with Crippen molar-refractivity contribution in [2.75, 3.05) is 31.1 Å². The zero-order valence-corrected chi connectivity index (χ0v) is 15.3. The summed E-state index contributed by atoms with van der Waals surface area (Å²) in [4.78, 5) is 38.7. The Balaban J connectivity index is 1.69. The van der Waals surface area contributed by atoms with Gasteiger partial charge in [-0.25, -0.2) is 0 Å². The molecule has 1 heterocycles.